The third-order valence-corrected chi connectivity index (χ3v) is 6.05. The number of anilines is 1. The van der Waals surface area contributed by atoms with Crippen LogP contribution in [0.25, 0.3) is 16.5 Å². The molecule has 1 aromatic heterocycles. The Morgan fingerprint density at radius 2 is 1.80 bits per heavy atom. The summed E-state index contributed by atoms with van der Waals surface area (Å²) in [5, 5.41) is 13.1. The third kappa shape index (κ3) is 4.04. The molecule has 0 spiro atoms. The van der Waals surface area contributed by atoms with Crippen LogP contribution in [0.3, 0.4) is 0 Å². The maximum Gasteiger partial charge on any atom is 0.300 e. The van der Waals surface area contributed by atoms with E-state index in [1.807, 2.05) is 49.4 Å². The predicted octanol–water partition coefficient (Wildman–Crippen LogP) is 5.65. The van der Waals surface area contributed by atoms with E-state index in [4.69, 9.17) is 4.74 Å². The second kappa shape index (κ2) is 9.43. The van der Waals surface area contributed by atoms with Crippen LogP contribution in [0.5, 0.6) is 5.75 Å². The maximum atomic E-state index is 13.5. The number of aliphatic hydroxyl groups excluding tert-OH is 1. The summed E-state index contributed by atoms with van der Waals surface area (Å²) < 4.78 is 5.70. The molecule has 2 heterocycles. The van der Waals surface area contributed by atoms with Crippen molar-refractivity contribution in [3.63, 3.8) is 0 Å². The van der Waals surface area contributed by atoms with E-state index in [1.165, 1.54) is 4.90 Å². The number of hydrogen-bond donors (Lipinski definition) is 1. The summed E-state index contributed by atoms with van der Waals surface area (Å²) in [6.07, 6.45) is 4.08. The quantitative estimate of drug-likeness (QED) is 0.227. The fourth-order valence-corrected chi connectivity index (χ4v) is 4.46. The molecular weight excluding hydrogens is 440 g/mol. The van der Waals surface area contributed by atoms with E-state index in [9.17, 15) is 14.7 Å². The Hall–Kier alpha value is -4.45. The Kier molecular flexibility index (Phi) is 6.02. The van der Waals surface area contributed by atoms with Gasteiger partial charge >= 0.3 is 0 Å². The van der Waals surface area contributed by atoms with E-state index in [-0.39, 0.29) is 11.3 Å². The number of benzene rings is 3. The van der Waals surface area contributed by atoms with Gasteiger partial charge in [0.1, 0.15) is 11.5 Å². The zero-order valence-corrected chi connectivity index (χ0v) is 19.2. The average Bonchev–Trinajstić information content (AvgIpc) is 3.17. The summed E-state index contributed by atoms with van der Waals surface area (Å²) in [5.74, 6) is -1.11. The lowest BCUT2D eigenvalue weighted by atomic mass is 9.95. The number of Topliss-reactive ketones (excluding diaryl/α,β-unsaturated/α-hetero) is 1. The number of carbonyl (C=O) groups is 2. The van der Waals surface area contributed by atoms with Crippen LogP contribution in [-0.2, 0) is 9.59 Å². The molecule has 174 valence electrons. The highest BCUT2D eigenvalue weighted by atomic mass is 16.5. The maximum absolute atomic E-state index is 13.5. The standard InChI is InChI=1S/C29H24N2O4/c1-2-16-35-22-12-5-10-20(17-22)27(32)25-26(21-11-7-15-30-18-21)31(29(34)28(25)33)24-14-6-9-19-8-3-4-13-23(19)24/h3-15,17-18,26,32H,2,16H2,1H3/b27-25+. The second-order valence-electron chi connectivity index (χ2n) is 8.33. The number of carbonyl (C=O) groups excluding carboxylic acids is 2. The van der Waals surface area contributed by atoms with Crippen LogP contribution < -0.4 is 9.64 Å². The minimum absolute atomic E-state index is 0.0172. The molecule has 1 unspecified atom stereocenters. The summed E-state index contributed by atoms with van der Waals surface area (Å²) in [6, 6.07) is 22.9. The van der Waals surface area contributed by atoms with Gasteiger partial charge in [0.2, 0.25) is 0 Å². The summed E-state index contributed by atoms with van der Waals surface area (Å²) in [5.41, 5.74) is 1.64. The Morgan fingerprint density at radius 1 is 1.00 bits per heavy atom. The van der Waals surface area contributed by atoms with Gasteiger partial charge in [-0.3, -0.25) is 19.5 Å². The van der Waals surface area contributed by atoms with Gasteiger partial charge in [-0.05, 0) is 41.6 Å². The van der Waals surface area contributed by atoms with Crippen molar-refractivity contribution in [2.24, 2.45) is 0 Å². The van der Waals surface area contributed by atoms with Gasteiger partial charge in [-0.25, -0.2) is 0 Å². The first-order valence-electron chi connectivity index (χ1n) is 11.5. The van der Waals surface area contributed by atoms with Gasteiger partial charge < -0.3 is 9.84 Å². The molecule has 0 aliphatic carbocycles. The topological polar surface area (TPSA) is 79.7 Å². The van der Waals surface area contributed by atoms with Gasteiger partial charge in [0.05, 0.1) is 23.9 Å². The molecule has 6 heteroatoms. The number of aromatic nitrogens is 1. The van der Waals surface area contributed by atoms with E-state index in [1.54, 1.807) is 48.8 Å². The molecule has 1 aliphatic rings. The number of amides is 1. The number of ether oxygens (including phenoxy) is 1. The molecule has 5 rings (SSSR count). The molecule has 4 aromatic rings. The molecule has 1 saturated heterocycles. The minimum Gasteiger partial charge on any atom is -0.507 e. The second-order valence-corrected chi connectivity index (χ2v) is 8.33. The number of nitrogens with zero attached hydrogens (tertiary/aromatic N) is 2. The summed E-state index contributed by atoms with van der Waals surface area (Å²) in [6.45, 7) is 2.54. The molecule has 1 aliphatic heterocycles. The first-order valence-corrected chi connectivity index (χ1v) is 11.5. The summed E-state index contributed by atoms with van der Waals surface area (Å²) >= 11 is 0. The third-order valence-electron chi connectivity index (χ3n) is 6.05. The number of ketones is 1. The Bertz CT molecular complexity index is 1440. The van der Waals surface area contributed by atoms with Gasteiger partial charge in [-0.2, -0.15) is 0 Å². The normalized spacial score (nSPS) is 17.2. The number of hydrogen-bond acceptors (Lipinski definition) is 5. The molecular formula is C29H24N2O4. The molecule has 0 saturated carbocycles. The van der Waals surface area contributed by atoms with E-state index >= 15 is 0 Å². The van der Waals surface area contributed by atoms with Crippen LogP contribution in [0.1, 0.15) is 30.5 Å². The molecule has 1 amide bonds. The van der Waals surface area contributed by atoms with E-state index in [2.05, 4.69) is 4.98 Å². The van der Waals surface area contributed by atoms with Gasteiger partial charge in [-0.1, -0.05) is 61.5 Å². The van der Waals surface area contributed by atoms with Crippen molar-refractivity contribution in [3.8, 4) is 5.75 Å². The Morgan fingerprint density at radius 3 is 2.60 bits per heavy atom. The minimum atomic E-state index is -0.838. The average molecular weight is 465 g/mol. The predicted molar refractivity (Wildman–Crippen MR) is 135 cm³/mol. The van der Waals surface area contributed by atoms with Crippen molar-refractivity contribution < 1.29 is 19.4 Å². The van der Waals surface area contributed by atoms with Crippen molar-refractivity contribution in [2.75, 3.05) is 11.5 Å². The number of fused-ring (bicyclic) bond motifs is 1. The van der Waals surface area contributed by atoms with Crippen LogP contribution >= 0.6 is 0 Å². The molecule has 1 atom stereocenters. The fourth-order valence-electron chi connectivity index (χ4n) is 4.46. The van der Waals surface area contributed by atoms with Crippen LogP contribution in [0.4, 0.5) is 5.69 Å². The van der Waals surface area contributed by atoms with Crippen LogP contribution in [0.2, 0.25) is 0 Å². The number of aliphatic hydroxyl groups is 1. The van der Waals surface area contributed by atoms with E-state index < -0.39 is 17.7 Å². The SMILES string of the molecule is CCCOc1cccc(/C(O)=C2\C(=O)C(=O)N(c3cccc4ccccc34)C2c2cccnc2)c1. The highest BCUT2D eigenvalue weighted by molar-refractivity contribution is 6.52. The van der Waals surface area contributed by atoms with Crippen molar-refractivity contribution in [2.45, 2.75) is 19.4 Å². The largest absolute Gasteiger partial charge is 0.507 e. The number of pyridine rings is 1. The Balaban J connectivity index is 1.71. The van der Waals surface area contributed by atoms with E-state index in [0.717, 1.165) is 17.2 Å². The zero-order valence-electron chi connectivity index (χ0n) is 19.2. The van der Waals surface area contributed by atoms with Crippen molar-refractivity contribution >= 4 is 33.9 Å². The van der Waals surface area contributed by atoms with Gasteiger partial charge in [0.15, 0.2) is 0 Å². The molecule has 6 nitrogen and oxygen atoms in total. The number of rotatable bonds is 6. The Labute approximate surface area is 203 Å². The zero-order chi connectivity index (χ0) is 24.4. The molecule has 0 radical (unpaired) electrons. The van der Waals surface area contributed by atoms with Gasteiger partial charge in [0, 0.05) is 23.3 Å². The molecule has 0 bridgehead atoms. The van der Waals surface area contributed by atoms with Gasteiger partial charge in [0.25, 0.3) is 11.7 Å². The van der Waals surface area contributed by atoms with Crippen LogP contribution in [0, 0.1) is 0 Å². The summed E-state index contributed by atoms with van der Waals surface area (Å²) in [7, 11) is 0. The van der Waals surface area contributed by atoms with Crippen molar-refractivity contribution in [1.82, 2.24) is 4.98 Å². The lowest BCUT2D eigenvalue weighted by Crippen LogP contribution is -2.29. The summed E-state index contributed by atoms with van der Waals surface area (Å²) in [4.78, 5) is 32.6. The van der Waals surface area contributed by atoms with Crippen LogP contribution in [-0.4, -0.2) is 28.4 Å². The van der Waals surface area contributed by atoms with Crippen LogP contribution in [0.15, 0.2) is 96.8 Å². The molecule has 1 fully saturated rings. The molecule has 35 heavy (non-hydrogen) atoms. The smallest absolute Gasteiger partial charge is 0.300 e. The molecule has 1 N–H and O–H groups in total. The lowest BCUT2D eigenvalue weighted by molar-refractivity contribution is -0.132. The van der Waals surface area contributed by atoms with E-state index in [0.29, 0.717) is 29.2 Å². The van der Waals surface area contributed by atoms with Crippen molar-refractivity contribution in [1.29, 1.82) is 0 Å². The first-order chi connectivity index (χ1) is 17.1. The van der Waals surface area contributed by atoms with Crippen molar-refractivity contribution in [3.05, 3.63) is 108 Å². The van der Waals surface area contributed by atoms with Gasteiger partial charge in [-0.15, -0.1) is 0 Å². The fraction of sp³-hybridized carbons (Fsp3) is 0.138. The highest BCUT2D eigenvalue weighted by Crippen LogP contribution is 2.44. The monoisotopic (exact) mass is 464 g/mol. The first kappa shape index (κ1) is 22.3. The molecule has 3 aromatic carbocycles. The highest BCUT2D eigenvalue weighted by Gasteiger charge is 2.47. The lowest BCUT2D eigenvalue weighted by Gasteiger charge is -2.26.